The second-order valence-corrected chi connectivity index (χ2v) is 9.15. The highest BCUT2D eigenvalue weighted by molar-refractivity contribution is 7.91. The van der Waals surface area contributed by atoms with E-state index in [1.807, 2.05) is 24.3 Å². The van der Waals surface area contributed by atoms with Gasteiger partial charge in [0.2, 0.25) is 5.91 Å². The van der Waals surface area contributed by atoms with Crippen LogP contribution in [-0.4, -0.2) is 75.0 Å². The molecule has 0 spiro atoms. The molecule has 0 radical (unpaired) electrons. The second-order valence-electron chi connectivity index (χ2n) is 6.92. The number of sulfone groups is 1. The van der Waals surface area contributed by atoms with Crippen LogP contribution in [0, 0.1) is 5.92 Å². The van der Waals surface area contributed by atoms with Gasteiger partial charge in [-0.15, -0.1) is 0 Å². The van der Waals surface area contributed by atoms with E-state index >= 15 is 0 Å². The fourth-order valence-corrected chi connectivity index (χ4v) is 5.14. The van der Waals surface area contributed by atoms with Crippen molar-refractivity contribution in [2.24, 2.45) is 5.92 Å². The number of nitrogens with zero attached hydrogens (tertiary/aromatic N) is 2. The molecule has 1 aromatic rings. The van der Waals surface area contributed by atoms with Gasteiger partial charge in [0.05, 0.1) is 24.5 Å². The molecule has 0 unspecified atom stereocenters. The number of ether oxygens (including phenoxy) is 1. The number of carbonyl (C=O) groups is 2. The Balaban J connectivity index is 1.44. The number of benzene rings is 1. The molecule has 9 heteroatoms. The van der Waals surface area contributed by atoms with Crippen molar-refractivity contribution in [1.29, 1.82) is 0 Å². The van der Waals surface area contributed by atoms with Gasteiger partial charge >= 0.3 is 6.03 Å². The number of nitrogens with one attached hydrogen (secondary N) is 1. The Morgan fingerprint density at radius 2 is 1.74 bits per heavy atom. The van der Waals surface area contributed by atoms with Crippen LogP contribution in [0.5, 0.6) is 5.75 Å². The quantitative estimate of drug-likeness (QED) is 0.800. The molecule has 3 amide bonds. The third kappa shape index (κ3) is 4.91. The van der Waals surface area contributed by atoms with Crippen LogP contribution in [0.4, 0.5) is 4.79 Å². The number of piperazine rings is 1. The number of amides is 3. The average molecular weight is 395 g/mol. The minimum absolute atomic E-state index is 0.0472. The lowest BCUT2D eigenvalue weighted by molar-refractivity contribution is -0.136. The zero-order chi connectivity index (χ0) is 19.4. The van der Waals surface area contributed by atoms with Gasteiger partial charge in [-0.2, -0.15) is 0 Å². The van der Waals surface area contributed by atoms with E-state index in [-0.39, 0.29) is 23.4 Å². The first-order valence-electron chi connectivity index (χ1n) is 9.03. The molecule has 2 aliphatic heterocycles. The van der Waals surface area contributed by atoms with E-state index < -0.39 is 15.8 Å². The summed E-state index contributed by atoms with van der Waals surface area (Å²) in [5, 5.41) is 2.88. The van der Waals surface area contributed by atoms with Gasteiger partial charge in [0, 0.05) is 32.7 Å². The van der Waals surface area contributed by atoms with Crippen LogP contribution in [0.15, 0.2) is 24.3 Å². The zero-order valence-electron chi connectivity index (χ0n) is 15.4. The minimum atomic E-state index is -3.07. The summed E-state index contributed by atoms with van der Waals surface area (Å²) in [6.07, 6.45) is 0.406. The molecule has 0 bridgehead atoms. The van der Waals surface area contributed by atoms with Gasteiger partial charge in [-0.05, 0) is 24.1 Å². The van der Waals surface area contributed by atoms with Crippen molar-refractivity contribution in [2.45, 2.75) is 13.0 Å². The Morgan fingerprint density at radius 3 is 2.30 bits per heavy atom. The lowest BCUT2D eigenvalue weighted by Gasteiger charge is -2.35. The third-order valence-corrected chi connectivity index (χ3v) is 6.83. The Labute approximate surface area is 159 Å². The van der Waals surface area contributed by atoms with E-state index in [1.165, 1.54) is 0 Å². The maximum Gasteiger partial charge on any atom is 0.317 e. The van der Waals surface area contributed by atoms with Crippen molar-refractivity contribution in [2.75, 3.05) is 44.8 Å². The zero-order valence-corrected chi connectivity index (χ0v) is 16.2. The van der Waals surface area contributed by atoms with Gasteiger partial charge in [0.1, 0.15) is 5.75 Å². The number of hydrogen-bond acceptors (Lipinski definition) is 5. The van der Waals surface area contributed by atoms with Crippen molar-refractivity contribution in [3.63, 3.8) is 0 Å². The largest absolute Gasteiger partial charge is 0.497 e. The molecule has 3 rings (SSSR count). The van der Waals surface area contributed by atoms with Gasteiger partial charge in [-0.25, -0.2) is 13.2 Å². The van der Waals surface area contributed by atoms with E-state index in [0.717, 1.165) is 11.3 Å². The molecule has 8 nitrogen and oxygen atoms in total. The number of hydrogen-bond donors (Lipinski definition) is 1. The van der Waals surface area contributed by atoms with Crippen molar-refractivity contribution in [1.82, 2.24) is 15.1 Å². The summed E-state index contributed by atoms with van der Waals surface area (Å²) in [6, 6.07) is 7.31. The maximum atomic E-state index is 12.5. The average Bonchev–Trinajstić information content (AvgIpc) is 3.05. The molecule has 2 saturated heterocycles. The highest BCUT2D eigenvalue weighted by atomic mass is 32.2. The van der Waals surface area contributed by atoms with E-state index in [9.17, 15) is 18.0 Å². The lowest BCUT2D eigenvalue weighted by atomic mass is 10.1. The SMILES string of the molecule is COc1ccc(CNC(=O)N2CCN(C(=O)[C@H]3CCS(=O)(=O)C3)CC2)cc1. The Kier molecular flexibility index (Phi) is 5.88. The molecule has 0 aliphatic carbocycles. The molecule has 1 atom stereocenters. The highest BCUT2D eigenvalue weighted by Gasteiger charge is 2.36. The molecule has 2 heterocycles. The summed E-state index contributed by atoms with van der Waals surface area (Å²) in [4.78, 5) is 28.1. The van der Waals surface area contributed by atoms with Crippen LogP contribution in [0.3, 0.4) is 0 Å². The number of carbonyl (C=O) groups excluding carboxylic acids is 2. The van der Waals surface area contributed by atoms with Gasteiger partial charge in [0.15, 0.2) is 9.84 Å². The standard InChI is InChI=1S/C18H25N3O5S/c1-26-16-4-2-14(3-5-16)12-19-18(23)21-9-7-20(8-10-21)17(22)15-6-11-27(24,25)13-15/h2-5,15H,6-13H2,1H3,(H,19,23)/t15-/m0/s1. The third-order valence-electron chi connectivity index (χ3n) is 5.06. The molecular weight excluding hydrogens is 370 g/mol. The molecule has 1 N–H and O–H groups in total. The van der Waals surface area contributed by atoms with E-state index in [1.54, 1.807) is 16.9 Å². The predicted molar refractivity (Wildman–Crippen MR) is 100 cm³/mol. The first kappa shape index (κ1) is 19.5. The predicted octanol–water partition coefficient (Wildman–Crippen LogP) is 0.484. The first-order valence-corrected chi connectivity index (χ1v) is 10.8. The Hall–Kier alpha value is -2.29. The minimum Gasteiger partial charge on any atom is -0.497 e. The van der Waals surface area contributed by atoms with Gasteiger partial charge in [-0.3, -0.25) is 4.79 Å². The molecular formula is C18H25N3O5S. The Bertz CT molecular complexity index is 786. The van der Waals surface area contributed by atoms with E-state index in [0.29, 0.717) is 39.1 Å². The van der Waals surface area contributed by atoms with Crippen molar-refractivity contribution in [3.8, 4) is 5.75 Å². The van der Waals surface area contributed by atoms with Crippen LogP contribution in [0.1, 0.15) is 12.0 Å². The summed E-state index contributed by atoms with van der Waals surface area (Å²) in [5.41, 5.74) is 0.973. The van der Waals surface area contributed by atoms with E-state index in [2.05, 4.69) is 5.32 Å². The van der Waals surface area contributed by atoms with E-state index in [4.69, 9.17) is 4.74 Å². The van der Waals surface area contributed by atoms with Crippen LogP contribution < -0.4 is 10.1 Å². The smallest absolute Gasteiger partial charge is 0.317 e. The summed E-state index contributed by atoms with van der Waals surface area (Å²) in [6.45, 7) is 2.18. The topological polar surface area (TPSA) is 96.0 Å². The van der Waals surface area contributed by atoms with Gasteiger partial charge in [-0.1, -0.05) is 12.1 Å². The number of rotatable bonds is 4. The summed E-state index contributed by atoms with van der Waals surface area (Å²) in [7, 11) is -1.47. The molecule has 0 aromatic heterocycles. The fourth-order valence-electron chi connectivity index (χ4n) is 3.41. The summed E-state index contributed by atoms with van der Waals surface area (Å²) >= 11 is 0. The molecule has 2 aliphatic rings. The highest BCUT2D eigenvalue weighted by Crippen LogP contribution is 2.21. The Morgan fingerprint density at radius 1 is 1.11 bits per heavy atom. The molecule has 27 heavy (non-hydrogen) atoms. The molecule has 148 valence electrons. The molecule has 0 saturated carbocycles. The normalized spacial score (nSPS) is 21.7. The monoisotopic (exact) mass is 395 g/mol. The van der Waals surface area contributed by atoms with Crippen LogP contribution in [0.25, 0.3) is 0 Å². The summed E-state index contributed by atoms with van der Waals surface area (Å²) < 4.78 is 28.2. The van der Waals surface area contributed by atoms with Crippen LogP contribution >= 0.6 is 0 Å². The van der Waals surface area contributed by atoms with Crippen LogP contribution in [0.2, 0.25) is 0 Å². The number of methoxy groups -OCH3 is 1. The molecule has 1 aromatic carbocycles. The van der Waals surface area contributed by atoms with Crippen molar-refractivity contribution >= 4 is 21.8 Å². The van der Waals surface area contributed by atoms with Crippen molar-refractivity contribution < 1.29 is 22.7 Å². The number of urea groups is 1. The van der Waals surface area contributed by atoms with Crippen LogP contribution in [-0.2, 0) is 21.2 Å². The first-order chi connectivity index (χ1) is 12.9. The second kappa shape index (κ2) is 8.16. The maximum absolute atomic E-state index is 12.5. The summed E-state index contributed by atoms with van der Waals surface area (Å²) in [5.74, 6) is 0.284. The lowest BCUT2D eigenvalue weighted by Crippen LogP contribution is -2.54. The van der Waals surface area contributed by atoms with Crippen molar-refractivity contribution in [3.05, 3.63) is 29.8 Å². The molecule has 2 fully saturated rings. The fraction of sp³-hybridized carbons (Fsp3) is 0.556. The van der Waals surface area contributed by atoms with Gasteiger partial charge < -0.3 is 19.9 Å². The van der Waals surface area contributed by atoms with Gasteiger partial charge in [0.25, 0.3) is 0 Å².